The van der Waals surface area contributed by atoms with Gasteiger partial charge in [0, 0.05) is 18.2 Å². The summed E-state index contributed by atoms with van der Waals surface area (Å²) >= 11 is 5.85. The number of fused-ring (bicyclic) bond motifs is 1. The van der Waals surface area contributed by atoms with E-state index in [1.165, 1.54) is 37.4 Å². The van der Waals surface area contributed by atoms with Gasteiger partial charge in [0.15, 0.2) is 11.5 Å². The van der Waals surface area contributed by atoms with Crippen LogP contribution in [0.5, 0.6) is 0 Å². The molecule has 3 rings (SSSR count). The van der Waals surface area contributed by atoms with Crippen LogP contribution in [0.15, 0.2) is 36.5 Å². The minimum atomic E-state index is -4.61. The monoisotopic (exact) mass is 415 g/mol. The molecule has 28 heavy (non-hydrogen) atoms. The van der Waals surface area contributed by atoms with Crippen LogP contribution in [0.3, 0.4) is 0 Å². The number of aryl methyl sites for hydroxylation is 1. The molecule has 0 spiro atoms. The van der Waals surface area contributed by atoms with Gasteiger partial charge in [-0.25, -0.2) is 4.39 Å². The zero-order chi connectivity index (χ0) is 20.7. The fourth-order valence-corrected chi connectivity index (χ4v) is 3.88. The topological polar surface area (TPSA) is 50.2 Å². The average Bonchev–Trinajstić information content (AvgIpc) is 2.63. The van der Waals surface area contributed by atoms with Gasteiger partial charge >= 0.3 is 6.18 Å². The summed E-state index contributed by atoms with van der Waals surface area (Å²) in [5.74, 6) is -0.772. The first-order valence-electron chi connectivity index (χ1n) is 8.72. The van der Waals surface area contributed by atoms with Crippen molar-refractivity contribution in [2.45, 2.75) is 50.1 Å². The molecule has 0 bridgehead atoms. The molecule has 1 aliphatic rings. The van der Waals surface area contributed by atoms with Gasteiger partial charge in [-0.05, 0) is 43.9 Å². The largest absolute Gasteiger partial charge is 0.417 e. The molecule has 0 amide bonds. The summed E-state index contributed by atoms with van der Waals surface area (Å²) in [5, 5.41) is 9.95. The third-order valence-electron chi connectivity index (χ3n) is 5.15. The number of ketones is 1. The van der Waals surface area contributed by atoms with Crippen LogP contribution in [0.1, 0.15) is 48.6 Å². The number of hydrogen-bond donors (Lipinski definition) is 1. The second-order valence-electron chi connectivity index (χ2n) is 7.17. The Balaban J connectivity index is 1.85. The smallest absolute Gasteiger partial charge is 0.384 e. The molecule has 3 nitrogen and oxygen atoms in total. The molecule has 2 aromatic rings. The van der Waals surface area contributed by atoms with Gasteiger partial charge in [-0.15, -0.1) is 0 Å². The second kappa shape index (κ2) is 7.12. The van der Waals surface area contributed by atoms with Gasteiger partial charge in [-0.2, -0.15) is 13.2 Å². The molecular weight excluding hydrogens is 398 g/mol. The number of hydrogen-bond acceptors (Lipinski definition) is 3. The van der Waals surface area contributed by atoms with Crippen molar-refractivity contribution in [3.05, 3.63) is 63.9 Å². The molecule has 1 aliphatic carbocycles. The third-order valence-corrected chi connectivity index (χ3v) is 5.59. The molecule has 150 valence electrons. The Bertz CT molecular complexity index is 913. The average molecular weight is 416 g/mol. The van der Waals surface area contributed by atoms with Crippen LogP contribution in [0.2, 0.25) is 5.02 Å². The normalized spacial score (nSPS) is 24.7. The predicted molar refractivity (Wildman–Crippen MR) is 95.6 cm³/mol. The third kappa shape index (κ3) is 3.65. The number of rotatable bonds is 4. The van der Waals surface area contributed by atoms with Crippen molar-refractivity contribution in [2.75, 3.05) is 0 Å². The lowest BCUT2D eigenvalue weighted by molar-refractivity contribution is -0.137. The van der Waals surface area contributed by atoms with E-state index >= 15 is 4.39 Å². The van der Waals surface area contributed by atoms with Crippen LogP contribution >= 0.6 is 11.6 Å². The number of aliphatic hydroxyl groups is 1. The summed E-state index contributed by atoms with van der Waals surface area (Å²) in [6.07, 6.45) is -3.88. The molecule has 1 N–H and O–H groups in total. The zero-order valence-electron chi connectivity index (χ0n) is 15.0. The predicted octanol–water partition coefficient (Wildman–Crippen LogP) is 5.12. The first kappa shape index (κ1) is 20.7. The Morgan fingerprint density at radius 1 is 1.25 bits per heavy atom. The Morgan fingerprint density at radius 2 is 1.96 bits per heavy atom. The van der Waals surface area contributed by atoms with Crippen molar-refractivity contribution >= 4 is 17.4 Å². The molecule has 0 fully saturated rings. The Morgan fingerprint density at radius 3 is 2.64 bits per heavy atom. The van der Waals surface area contributed by atoms with E-state index in [0.29, 0.717) is 0 Å². The highest BCUT2D eigenvalue weighted by molar-refractivity contribution is 6.32. The van der Waals surface area contributed by atoms with Crippen molar-refractivity contribution < 1.29 is 27.5 Å². The summed E-state index contributed by atoms with van der Waals surface area (Å²) in [6, 6.07) is 6.33. The first-order valence-corrected chi connectivity index (χ1v) is 9.10. The fourth-order valence-electron chi connectivity index (χ4n) is 3.55. The summed E-state index contributed by atoms with van der Waals surface area (Å²) in [4.78, 5) is 16.7. The number of carbonyl (C=O) groups excluding carboxylic acids is 1. The van der Waals surface area contributed by atoms with E-state index in [9.17, 15) is 23.1 Å². The summed E-state index contributed by atoms with van der Waals surface area (Å²) in [5.41, 5.74) is -4.45. The lowest BCUT2D eigenvalue weighted by Crippen LogP contribution is -2.42. The second-order valence-corrected chi connectivity index (χ2v) is 7.55. The quantitative estimate of drug-likeness (QED) is 0.705. The molecule has 2 unspecified atom stereocenters. The molecule has 1 heterocycles. The van der Waals surface area contributed by atoms with Gasteiger partial charge < -0.3 is 5.11 Å². The number of halogens is 5. The van der Waals surface area contributed by atoms with Gasteiger partial charge in [0.25, 0.3) is 0 Å². The van der Waals surface area contributed by atoms with Gasteiger partial charge in [0.05, 0.1) is 16.3 Å². The summed E-state index contributed by atoms with van der Waals surface area (Å²) in [6.45, 7) is 1.51. The van der Waals surface area contributed by atoms with E-state index in [2.05, 4.69) is 4.98 Å². The van der Waals surface area contributed by atoms with Crippen LogP contribution < -0.4 is 0 Å². The van der Waals surface area contributed by atoms with Crippen LogP contribution in [-0.4, -0.2) is 15.9 Å². The van der Waals surface area contributed by atoms with E-state index in [1.807, 2.05) is 0 Å². The van der Waals surface area contributed by atoms with E-state index < -0.39 is 33.8 Å². The fraction of sp³-hybridized carbons (Fsp3) is 0.400. The van der Waals surface area contributed by atoms with Crippen LogP contribution in [0.25, 0.3) is 0 Å². The first-order chi connectivity index (χ1) is 13.0. The Hall–Kier alpha value is -1.99. The van der Waals surface area contributed by atoms with Crippen molar-refractivity contribution in [1.29, 1.82) is 0 Å². The Labute approximate surface area is 164 Å². The van der Waals surface area contributed by atoms with Crippen molar-refractivity contribution in [1.82, 2.24) is 4.98 Å². The van der Waals surface area contributed by atoms with E-state index in [1.54, 1.807) is 0 Å². The number of Topliss-reactive ketones (excluding diaryl/α,β-unsaturated/α-hetero) is 1. The number of benzene rings is 1. The SMILES string of the molecule is CC1(O)CCC(F)(C(=O)CCc2cccc(C(F)(F)F)c2Cl)c2cccnc21. The highest BCUT2D eigenvalue weighted by Gasteiger charge is 2.49. The summed E-state index contributed by atoms with van der Waals surface area (Å²) in [7, 11) is 0. The zero-order valence-corrected chi connectivity index (χ0v) is 15.7. The van der Waals surface area contributed by atoms with E-state index in [4.69, 9.17) is 11.6 Å². The molecule has 1 aromatic carbocycles. The maximum absolute atomic E-state index is 15.7. The molecule has 2 atom stereocenters. The molecule has 8 heteroatoms. The molecule has 0 aliphatic heterocycles. The lowest BCUT2D eigenvalue weighted by Gasteiger charge is -2.37. The van der Waals surface area contributed by atoms with Crippen LogP contribution in [0.4, 0.5) is 17.6 Å². The lowest BCUT2D eigenvalue weighted by atomic mass is 9.73. The minimum absolute atomic E-state index is 0.00354. The molecular formula is C20H18ClF4NO2. The van der Waals surface area contributed by atoms with Crippen molar-refractivity contribution in [3.8, 4) is 0 Å². The number of carbonyl (C=O) groups is 1. The van der Waals surface area contributed by atoms with Gasteiger partial charge in [-0.3, -0.25) is 9.78 Å². The molecule has 0 saturated heterocycles. The van der Waals surface area contributed by atoms with E-state index in [0.717, 1.165) is 6.07 Å². The number of nitrogens with zero attached hydrogens (tertiary/aromatic N) is 1. The van der Waals surface area contributed by atoms with Gasteiger partial charge in [0.2, 0.25) is 0 Å². The number of aromatic nitrogens is 1. The molecule has 1 aromatic heterocycles. The standard InChI is InChI=1S/C20H18ClF4NO2/c1-18(28)9-10-19(22,14-6-3-11-26-17(14)18)15(27)8-7-12-4-2-5-13(16(12)21)20(23,24)25/h2-6,11,28H,7-10H2,1H3. The summed E-state index contributed by atoms with van der Waals surface area (Å²) < 4.78 is 54.6. The number of alkyl halides is 4. The van der Waals surface area contributed by atoms with Gasteiger partial charge in [-0.1, -0.05) is 29.8 Å². The van der Waals surface area contributed by atoms with E-state index in [-0.39, 0.29) is 42.5 Å². The molecule has 0 radical (unpaired) electrons. The molecule has 0 saturated carbocycles. The number of pyridine rings is 1. The van der Waals surface area contributed by atoms with Crippen LogP contribution in [-0.2, 0) is 28.7 Å². The Kier molecular flexibility index (Phi) is 5.27. The van der Waals surface area contributed by atoms with Gasteiger partial charge in [0.1, 0.15) is 5.60 Å². The van der Waals surface area contributed by atoms with Crippen LogP contribution in [0, 0.1) is 0 Å². The maximum atomic E-state index is 15.7. The highest BCUT2D eigenvalue weighted by Crippen LogP contribution is 2.46. The van der Waals surface area contributed by atoms with Crippen molar-refractivity contribution in [2.24, 2.45) is 0 Å². The van der Waals surface area contributed by atoms with Crippen molar-refractivity contribution in [3.63, 3.8) is 0 Å². The highest BCUT2D eigenvalue weighted by atomic mass is 35.5. The minimum Gasteiger partial charge on any atom is -0.384 e. The maximum Gasteiger partial charge on any atom is 0.417 e.